The molecule has 1 aliphatic rings. The Kier molecular flexibility index (Phi) is 3.58. The van der Waals surface area contributed by atoms with Crippen LogP contribution in [0.5, 0.6) is 0 Å². The van der Waals surface area contributed by atoms with Gasteiger partial charge in [0.25, 0.3) is 0 Å². The monoisotopic (exact) mass is 259 g/mol. The highest BCUT2D eigenvalue weighted by molar-refractivity contribution is 7.86. The summed E-state index contributed by atoms with van der Waals surface area (Å²) >= 11 is 0. The molecule has 1 aliphatic heterocycles. The Morgan fingerprint density at radius 2 is 2.00 bits per heavy atom. The molecule has 0 fully saturated rings. The van der Waals surface area contributed by atoms with Crippen LogP contribution in [-0.4, -0.2) is 16.5 Å². The summed E-state index contributed by atoms with van der Waals surface area (Å²) in [6.07, 6.45) is 1.53. The van der Waals surface area contributed by atoms with E-state index in [0.29, 0.717) is 6.42 Å². The topological polar surface area (TPSA) is 29.1 Å². The molecular weight excluding hydrogens is 244 g/mol. The minimum atomic E-state index is -1.46. The number of halogens is 2. The van der Waals surface area contributed by atoms with E-state index in [1.54, 1.807) is 7.05 Å². The van der Waals surface area contributed by atoms with E-state index < -0.39 is 22.4 Å². The Bertz CT molecular complexity index is 464. The van der Waals surface area contributed by atoms with Crippen molar-refractivity contribution in [3.05, 3.63) is 29.3 Å². The van der Waals surface area contributed by atoms with E-state index in [2.05, 4.69) is 5.32 Å². The number of benzene rings is 1. The van der Waals surface area contributed by atoms with Gasteiger partial charge in [0.1, 0.15) is 11.6 Å². The van der Waals surface area contributed by atoms with Crippen LogP contribution in [0.1, 0.15) is 31.4 Å². The summed E-state index contributed by atoms with van der Waals surface area (Å²) < 4.78 is 39.6. The molecule has 2 nitrogen and oxygen atoms in total. The normalized spacial score (nSPS) is 27.2. The summed E-state index contributed by atoms with van der Waals surface area (Å²) in [5.41, 5.74) is 0.240. The fourth-order valence-corrected chi connectivity index (χ4v) is 4.37. The number of hydrogen-bond donors (Lipinski definition) is 1. The molecule has 0 saturated heterocycles. The van der Waals surface area contributed by atoms with E-state index in [-0.39, 0.29) is 21.8 Å². The lowest BCUT2D eigenvalue weighted by molar-refractivity contribution is 0.494. The SMILES string of the molecule is CCCC1C(NC)c2c(F)ccc(F)c2S1=O. The third-order valence-corrected chi connectivity index (χ3v) is 5.01. The standard InChI is InChI=1S/C12H15F2NOS/c1-3-4-9-11(15-2)10-7(13)5-6-8(14)12(10)17(9)16/h5-6,9,11,15H,3-4H2,1-2H3. The Morgan fingerprint density at radius 3 is 2.59 bits per heavy atom. The van der Waals surface area contributed by atoms with Crippen molar-refractivity contribution in [2.24, 2.45) is 0 Å². The van der Waals surface area contributed by atoms with Gasteiger partial charge in [-0.25, -0.2) is 8.78 Å². The number of hydrogen-bond acceptors (Lipinski definition) is 2. The van der Waals surface area contributed by atoms with E-state index in [0.717, 1.165) is 18.6 Å². The first-order chi connectivity index (χ1) is 8.11. The van der Waals surface area contributed by atoms with Gasteiger partial charge in [0.2, 0.25) is 0 Å². The van der Waals surface area contributed by atoms with Crippen molar-refractivity contribution in [3.63, 3.8) is 0 Å². The summed E-state index contributed by atoms with van der Waals surface area (Å²) in [7, 11) is 0.220. The second-order valence-corrected chi connectivity index (χ2v) is 5.77. The molecule has 0 amide bonds. The first kappa shape index (κ1) is 12.6. The quantitative estimate of drug-likeness (QED) is 0.903. The van der Waals surface area contributed by atoms with Crippen LogP contribution >= 0.6 is 0 Å². The average molecular weight is 259 g/mol. The molecule has 0 aromatic heterocycles. The summed E-state index contributed by atoms with van der Waals surface area (Å²) in [6, 6.07) is 1.79. The first-order valence-corrected chi connectivity index (χ1v) is 6.88. The Hall–Kier alpha value is -0.810. The minimum absolute atomic E-state index is 0.0443. The van der Waals surface area contributed by atoms with Gasteiger partial charge in [0.05, 0.1) is 27.0 Å². The van der Waals surface area contributed by atoms with Crippen molar-refractivity contribution >= 4 is 10.8 Å². The molecule has 1 heterocycles. The molecule has 5 heteroatoms. The van der Waals surface area contributed by atoms with Gasteiger partial charge in [-0.15, -0.1) is 0 Å². The highest BCUT2D eigenvalue weighted by Crippen LogP contribution is 2.40. The van der Waals surface area contributed by atoms with Crippen molar-refractivity contribution < 1.29 is 13.0 Å². The van der Waals surface area contributed by atoms with Gasteiger partial charge in [0.15, 0.2) is 0 Å². The van der Waals surface area contributed by atoms with Crippen molar-refractivity contribution in [2.45, 2.75) is 36.0 Å². The van der Waals surface area contributed by atoms with Gasteiger partial charge in [-0.1, -0.05) is 13.3 Å². The number of rotatable bonds is 3. The van der Waals surface area contributed by atoms with Gasteiger partial charge in [-0.3, -0.25) is 4.21 Å². The fourth-order valence-electron chi connectivity index (χ4n) is 2.39. The first-order valence-electron chi connectivity index (χ1n) is 5.67. The second kappa shape index (κ2) is 4.82. The van der Waals surface area contributed by atoms with E-state index in [1.165, 1.54) is 0 Å². The van der Waals surface area contributed by atoms with Crippen molar-refractivity contribution in [2.75, 3.05) is 7.05 Å². The highest BCUT2D eigenvalue weighted by atomic mass is 32.2. The Balaban J connectivity index is 2.56. The average Bonchev–Trinajstić information content (AvgIpc) is 2.59. The third-order valence-electron chi connectivity index (χ3n) is 3.14. The molecule has 0 bridgehead atoms. The fraction of sp³-hybridized carbons (Fsp3) is 0.500. The lowest BCUT2D eigenvalue weighted by atomic mass is 10.0. The lowest BCUT2D eigenvalue weighted by Crippen LogP contribution is -2.27. The zero-order valence-corrected chi connectivity index (χ0v) is 10.6. The molecule has 17 heavy (non-hydrogen) atoms. The van der Waals surface area contributed by atoms with Crippen LogP contribution in [-0.2, 0) is 10.8 Å². The zero-order chi connectivity index (χ0) is 12.6. The summed E-state index contributed by atoms with van der Waals surface area (Å²) in [5, 5.41) is 2.71. The van der Waals surface area contributed by atoms with E-state index in [1.807, 2.05) is 6.92 Å². The molecule has 1 aromatic rings. The van der Waals surface area contributed by atoms with Gasteiger partial charge in [-0.2, -0.15) is 0 Å². The lowest BCUT2D eigenvalue weighted by Gasteiger charge is -2.17. The van der Waals surface area contributed by atoms with Crippen LogP contribution in [0.3, 0.4) is 0 Å². The molecule has 2 rings (SSSR count). The van der Waals surface area contributed by atoms with Crippen LogP contribution in [0.15, 0.2) is 17.0 Å². The van der Waals surface area contributed by atoms with Crippen LogP contribution in [0, 0.1) is 11.6 Å². The summed E-state index contributed by atoms with van der Waals surface area (Å²) in [6.45, 7) is 1.97. The second-order valence-electron chi connectivity index (χ2n) is 4.16. The van der Waals surface area contributed by atoms with Crippen molar-refractivity contribution in [1.29, 1.82) is 0 Å². The van der Waals surface area contributed by atoms with Crippen molar-refractivity contribution in [1.82, 2.24) is 5.32 Å². The third kappa shape index (κ3) is 1.91. The van der Waals surface area contributed by atoms with Crippen LogP contribution in [0.25, 0.3) is 0 Å². The summed E-state index contributed by atoms with van der Waals surface area (Å²) in [4.78, 5) is 0.0443. The van der Waals surface area contributed by atoms with Gasteiger partial charge < -0.3 is 5.32 Å². The molecule has 0 radical (unpaired) electrons. The molecule has 1 N–H and O–H groups in total. The van der Waals surface area contributed by atoms with Crippen LogP contribution < -0.4 is 5.32 Å². The van der Waals surface area contributed by atoms with E-state index in [4.69, 9.17) is 0 Å². The molecule has 3 unspecified atom stereocenters. The van der Waals surface area contributed by atoms with Crippen LogP contribution in [0.4, 0.5) is 8.78 Å². The molecule has 94 valence electrons. The molecule has 0 spiro atoms. The molecule has 1 aromatic carbocycles. The minimum Gasteiger partial charge on any atom is -0.312 e. The van der Waals surface area contributed by atoms with Gasteiger partial charge >= 0.3 is 0 Å². The van der Waals surface area contributed by atoms with Gasteiger partial charge in [0, 0.05) is 5.56 Å². The maximum Gasteiger partial charge on any atom is 0.139 e. The van der Waals surface area contributed by atoms with Gasteiger partial charge in [-0.05, 0) is 25.6 Å². The smallest absolute Gasteiger partial charge is 0.139 e. The van der Waals surface area contributed by atoms with E-state index >= 15 is 0 Å². The van der Waals surface area contributed by atoms with E-state index in [9.17, 15) is 13.0 Å². The number of nitrogens with one attached hydrogen (secondary N) is 1. The Morgan fingerprint density at radius 1 is 1.35 bits per heavy atom. The van der Waals surface area contributed by atoms with Crippen molar-refractivity contribution in [3.8, 4) is 0 Å². The molecule has 0 saturated carbocycles. The maximum atomic E-state index is 13.8. The molecular formula is C12H15F2NOS. The number of fused-ring (bicyclic) bond motifs is 1. The highest BCUT2D eigenvalue weighted by Gasteiger charge is 2.41. The Labute approximate surface area is 102 Å². The van der Waals surface area contributed by atoms with Crippen LogP contribution in [0.2, 0.25) is 0 Å². The molecule has 0 aliphatic carbocycles. The molecule has 3 atom stereocenters. The zero-order valence-electron chi connectivity index (χ0n) is 9.80. The predicted molar refractivity (Wildman–Crippen MR) is 63.3 cm³/mol. The largest absolute Gasteiger partial charge is 0.312 e. The predicted octanol–water partition coefficient (Wildman–Crippen LogP) is 2.52. The summed E-state index contributed by atoms with van der Waals surface area (Å²) in [5.74, 6) is -1.05. The maximum absolute atomic E-state index is 13.8.